The zero-order chi connectivity index (χ0) is 13.8. The summed E-state index contributed by atoms with van der Waals surface area (Å²) >= 11 is 0. The van der Waals surface area contributed by atoms with Crippen molar-refractivity contribution in [2.45, 2.75) is 64.6 Å². The largest absolute Gasteiger partial charge is 0.464 e. The van der Waals surface area contributed by atoms with Crippen molar-refractivity contribution in [3.63, 3.8) is 0 Å². The van der Waals surface area contributed by atoms with Gasteiger partial charge in [0.2, 0.25) is 0 Å². The third-order valence-corrected chi connectivity index (χ3v) is 4.11. The molecule has 0 aliphatic carbocycles. The first-order chi connectivity index (χ1) is 9.15. The molecule has 3 unspecified atom stereocenters. The van der Waals surface area contributed by atoms with E-state index in [0.717, 1.165) is 17.9 Å². The molecule has 0 bridgehead atoms. The van der Waals surface area contributed by atoms with Crippen LogP contribution in [0.2, 0.25) is 0 Å². The summed E-state index contributed by atoms with van der Waals surface area (Å²) in [6, 6.07) is 5.27. The summed E-state index contributed by atoms with van der Waals surface area (Å²) in [5.41, 5.74) is 9.49. The molecule has 108 valence electrons. The summed E-state index contributed by atoms with van der Waals surface area (Å²) < 4.78 is 5.83. The Morgan fingerprint density at radius 2 is 2.05 bits per heavy atom. The molecule has 3 N–H and O–H groups in total. The van der Waals surface area contributed by atoms with E-state index in [2.05, 4.69) is 31.2 Å². The number of hydrazine groups is 1. The van der Waals surface area contributed by atoms with Gasteiger partial charge in [0.1, 0.15) is 11.5 Å². The van der Waals surface area contributed by atoms with Gasteiger partial charge in [-0.2, -0.15) is 0 Å². The number of aryl methyl sites for hydroxylation is 1. The van der Waals surface area contributed by atoms with E-state index < -0.39 is 0 Å². The van der Waals surface area contributed by atoms with Gasteiger partial charge in [-0.1, -0.05) is 13.3 Å². The van der Waals surface area contributed by atoms with Crippen LogP contribution in [0.4, 0.5) is 0 Å². The van der Waals surface area contributed by atoms with Gasteiger partial charge in [-0.25, -0.2) is 10.4 Å². The average Bonchev–Trinajstić information content (AvgIpc) is 2.87. The van der Waals surface area contributed by atoms with Crippen LogP contribution in [0.1, 0.15) is 57.6 Å². The molecule has 0 radical (unpaired) electrons. The second-order valence-electron chi connectivity index (χ2n) is 5.61. The molecule has 1 aromatic rings. The van der Waals surface area contributed by atoms with Crippen LogP contribution in [0.5, 0.6) is 0 Å². The van der Waals surface area contributed by atoms with Crippen molar-refractivity contribution in [2.24, 2.45) is 5.73 Å². The van der Waals surface area contributed by atoms with Crippen LogP contribution in [-0.2, 0) is 6.42 Å². The monoisotopic (exact) mass is 265 g/mol. The third kappa shape index (κ3) is 3.38. The number of hydrogen-bond donors (Lipinski definition) is 2. The molecule has 0 spiro atoms. The van der Waals surface area contributed by atoms with Crippen LogP contribution in [0.25, 0.3) is 0 Å². The fourth-order valence-electron chi connectivity index (χ4n) is 2.86. The highest BCUT2D eigenvalue weighted by atomic mass is 16.3. The number of nitrogens with two attached hydrogens (primary N) is 1. The molecular formula is C15H27N3O. The van der Waals surface area contributed by atoms with Gasteiger partial charge >= 0.3 is 0 Å². The molecule has 0 amide bonds. The summed E-state index contributed by atoms with van der Waals surface area (Å²) in [6.45, 7) is 7.20. The first-order valence-electron chi connectivity index (χ1n) is 7.48. The molecule has 2 rings (SSSR count). The van der Waals surface area contributed by atoms with Gasteiger partial charge in [0.15, 0.2) is 0 Å². The summed E-state index contributed by atoms with van der Waals surface area (Å²) in [5, 5.41) is 2.36. The van der Waals surface area contributed by atoms with Crippen LogP contribution in [0, 0.1) is 0 Å². The van der Waals surface area contributed by atoms with Crippen molar-refractivity contribution in [3.8, 4) is 0 Å². The smallest absolute Gasteiger partial charge is 0.123 e. The maximum atomic E-state index is 5.91. The molecule has 1 aromatic heterocycles. The Balaban J connectivity index is 2.05. The highest BCUT2D eigenvalue weighted by Gasteiger charge is 2.27. The quantitative estimate of drug-likeness (QED) is 0.859. The van der Waals surface area contributed by atoms with E-state index in [1.807, 2.05) is 12.1 Å². The fraction of sp³-hybridized carbons (Fsp3) is 0.733. The van der Waals surface area contributed by atoms with E-state index in [1.54, 1.807) is 0 Å². The minimum absolute atomic E-state index is 0.0725. The lowest BCUT2D eigenvalue weighted by atomic mass is 9.99. The summed E-state index contributed by atoms with van der Waals surface area (Å²) in [5.74, 6) is 1.97. The zero-order valence-electron chi connectivity index (χ0n) is 12.4. The minimum atomic E-state index is 0.0725. The molecule has 1 aliphatic heterocycles. The maximum absolute atomic E-state index is 5.91. The molecule has 4 heteroatoms. The van der Waals surface area contributed by atoms with Crippen molar-refractivity contribution in [3.05, 3.63) is 23.7 Å². The van der Waals surface area contributed by atoms with Crippen LogP contribution in [0.15, 0.2) is 16.5 Å². The van der Waals surface area contributed by atoms with Crippen LogP contribution in [-0.4, -0.2) is 23.6 Å². The Kier molecular flexibility index (Phi) is 5.02. The summed E-state index contributed by atoms with van der Waals surface area (Å²) in [4.78, 5) is 0. The Hall–Kier alpha value is -0.840. The van der Waals surface area contributed by atoms with Crippen LogP contribution >= 0.6 is 0 Å². The van der Waals surface area contributed by atoms with Crippen LogP contribution < -0.4 is 11.2 Å². The topological polar surface area (TPSA) is 54.4 Å². The number of nitrogens with one attached hydrogen (secondary N) is 1. The van der Waals surface area contributed by atoms with E-state index in [9.17, 15) is 0 Å². The van der Waals surface area contributed by atoms with Gasteiger partial charge in [0.05, 0.1) is 6.04 Å². The number of piperidine rings is 1. The van der Waals surface area contributed by atoms with Crippen molar-refractivity contribution < 1.29 is 4.42 Å². The van der Waals surface area contributed by atoms with E-state index in [4.69, 9.17) is 10.2 Å². The minimum Gasteiger partial charge on any atom is -0.464 e. The van der Waals surface area contributed by atoms with Gasteiger partial charge < -0.3 is 10.2 Å². The predicted molar refractivity (Wildman–Crippen MR) is 77.6 cm³/mol. The number of rotatable bonds is 5. The molecule has 19 heavy (non-hydrogen) atoms. The van der Waals surface area contributed by atoms with Crippen molar-refractivity contribution in [1.29, 1.82) is 0 Å². The third-order valence-electron chi connectivity index (χ3n) is 4.11. The maximum Gasteiger partial charge on any atom is 0.123 e. The first kappa shape index (κ1) is 14.6. The standard InChI is InChI=1S/C15H27N3O/c1-4-13-8-9-15(19-13)14(10-16)17-18-11(2)6-5-7-12(18)3/h8-9,11-12,14,17H,4-7,10,16H2,1-3H3. The number of hydrogen-bond acceptors (Lipinski definition) is 4. The normalized spacial score (nSPS) is 26.5. The molecular weight excluding hydrogens is 238 g/mol. The van der Waals surface area contributed by atoms with Gasteiger partial charge in [0, 0.05) is 25.0 Å². The van der Waals surface area contributed by atoms with E-state index >= 15 is 0 Å². The summed E-state index contributed by atoms with van der Waals surface area (Å²) in [7, 11) is 0. The molecule has 1 aliphatic rings. The van der Waals surface area contributed by atoms with Crippen molar-refractivity contribution in [1.82, 2.24) is 10.4 Å². The lowest BCUT2D eigenvalue weighted by molar-refractivity contribution is 0.0268. The highest BCUT2D eigenvalue weighted by molar-refractivity contribution is 5.11. The molecule has 1 fully saturated rings. The zero-order valence-corrected chi connectivity index (χ0v) is 12.4. The second kappa shape index (κ2) is 6.55. The van der Waals surface area contributed by atoms with Crippen LogP contribution in [0.3, 0.4) is 0 Å². The SMILES string of the molecule is CCc1ccc(C(CN)NN2C(C)CCCC2C)o1. The van der Waals surface area contributed by atoms with Crippen molar-refractivity contribution in [2.75, 3.05) is 6.54 Å². The van der Waals surface area contributed by atoms with Gasteiger partial charge in [-0.3, -0.25) is 0 Å². The van der Waals surface area contributed by atoms with Gasteiger partial charge in [-0.15, -0.1) is 0 Å². The predicted octanol–water partition coefficient (Wildman–Crippen LogP) is 2.61. The van der Waals surface area contributed by atoms with Gasteiger partial charge in [0.25, 0.3) is 0 Å². The first-order valence-corrected chi connectivity index (χ1v) is 7.48. The number of furan rings is 1. The number of nitrogens with zero attached hydrogens (tertiary/aromatic N) is 1. The van der Waals surface area contributed by atoms with Gasteiger partial charge in [-0.05, 0) is 38.8 Å². The molecule has 3 atom stereocenters. The molecule has 0 saturated carbocycles. The van der Waals surface area contributed by atoms with E-state index in [1.165, 1.54) is 19.3 Å². The molecule has 1 saturated heterocycles. The second-order valence-corrected chi connectivity index (χ2v) is 5.61. The van der Waals surface area contributed by atoms with Crippen molar-refractivity contribution >= 4 is 0 Å². The lowest BCUT2D eigenvalue weighted by Gasteiger charge is -2.40. The Bertz CT molecular complexity index is 380. The van der Waals surface area contributed by atoms with E-state index in [0.29, 0.717) is 18.6 Å². The fourth-order valence-corrected chi connectivity index (χ4v) is 2.86. The van der Waals surface area contributed by atoms with E-state index in [-0.39, 0.29) is 6.04 Å². The Labute approximate surface area is 116 Å². The molecule has 0 aromatic carbocycles. The highest BCUT2D eigenvalue weighted by Crippen LogP contribution is 2.24. The summed E-state index contributed by atoms with van der Waals surface area (Å²) in [6.07, 6.45) is 4.72. The Morgan fingerprint density at radius 1 is 1.37 bits per heavy atom. The lowest BCUT2D eigenvalue weighted by Crippen LogP contribution is -2.54. The molecule has 2 heterocycles. The molecule has 4 nitrogen and oxygen atoms in total. The Morgan fingerprint density at radius 3 is 2.58 bits per heavy atom. The average molecular weight is 265 g/mol.